The van der Waals surface area contributed by atoms with E-state index in [-0.39, 0.29) is 11.8 Å². The molecule has 0 saturated heterocycles. The van der Waals surface area contributed by atoms with Crippen LogP contribution >= 0.6 is 11.8 Å². The predicted molar refractivity (Wildman–Crippen MR) is 127 cm³/mol. The van der Waals surface area contributed by atoms with Gasteiger partial charge in [-0.3, -0.25) is 4.79 Å². The van der Waals surface area contributed by atoms with Crippen LogP contribution < -0.4 is 5.32 Å². The molecule has 0 saturated carbocycles. The second kappa shape index (κ2) is 9.99. The summed E-state index contributed by atoms with van der Waals surface area (Å²) in [4.78, 5) is 14.4. The van der Waals surface area contributed by atoms with E-state index in [1.807, 2.05) is 17.8 Å². The van der Waals surface area contributed by atoms with Crippen molar-refractivity contribution in [1.29, 1.82) is 0 Å². The summed E-state index contributed by atoms with van der Waals surface area (Å²) >= 11 is 1.92. The Morgan fingerprint density at radius 2 is 1.67 bits per heavy atom. The molecular formula is C27H29NOS. The molecule has 4 rings (SSSR count). The van der Waals surface area contributed by atoms with Crippen LogP contribution in [0.4, 0.5) is 0 Å². The van der Waals surface area contributed by atoms with Crippen LogP contribution in [0.5, 0.6) is 0 Å². The Kier molecular flexibility index (Phi) is 6.91. The van der Waals surface area contributed by atoms with Crippen LogP contribution in [0.25, 0.3) is 11.1 Å². The minimum Gasteiger partial charge on any atom is -0.355 e. The first-order valence-corrected chi connectivity index (χ1v) is 11.9. The largest absolute Gasteiger partial charge is 0.355 e. The Morgan fingerprint density at radius 3 is 2.50 bits per heavy atom. The molecule has 1 atom stereocenters. The van der Waals surface area contributed by atoms with Crippen molar-refractivity contribution in [2.24, 2.45) is 0 Å². The topological polar surface area (TPSA) is 29.1 Å². The fourth-order valence-electron chi connectivity index (χ4n) is 4.30. The van der Waals surface area contributed by atoms with Crippen molar-refractivity contribution < 1.29 is 4.79 Å². The van der Waals surface area contributed by atoms with Gasteiger partial charge in [0, 0.05) is 11.4 Å². The van der Waals surface area contributed by atoms with Gasteiger partial charge in [0.2, 0.25) is 5.91 Å². The third kappa shape index (κ3) is 4.46. The Labute approximate surface area is 184 Å². The lowest BCUT2D eigenvalue weighted by molar-refractivity contribution is -0.121. The standard InChI is InChI=1S/C27H29NOS/c1-2-18-28-27(29)26-24-16-7-6-15-22(24)23-17-10-12-20(25(23)26)11-8-9-19-30-21-13-4-3-5-14-21/h3-7,10,12-17,26H,2,8-9,11,18-19H2,1H3,(H,28,29). The second-order valence-electron chi connectivity index (χ2n) is 7.81. The molecule has 0 spiro atoms. The highest BCUT2D eigenvalue weighted by atomic mass is 32.2. The summed E-state index contributed by atoms with van der Waals surface area (Å²) in [5.41, 5.74) is 6.14. The van der Waals surface area contributed by atoms with Crippen molar-refractivity contribution in [2.45, 2.75) is 43.4 Å². The first-order valence-electron chi connectivity index (χ1n) is 11.0. The van der Waals surface area contributed by atoms with Crippen LogP contribution in [0.1, 0.15) is 48.8 Å². The summed E-state index contributed by atoms with van der Waals surface area (Å²) in [6, 6.07) is 25.5. The number of unbranched alkanes of at least 4 members (excludes halogenated alkanes) is 1. The molecule has 154 valence electrons. The monoisotopic (exact) mass is 415 g/mol. The lowest BCUT2D eigenvalue weighted by Crippen LogP contribution is -2.30. The summed E-state index contributed by atoms with van der Waals surface area (Å²) in [7, 11) is 0. The molecule has 3 heteroatoms. The number of carbonyl (C=O) groups is 1. The molecule has 1 aliphatic carbocycles. The van der Waals surface area contributed by atoms with E-state index in [0.717, 1.165) is 37.1 Å². The number of benzene rings is 3. The van der Waals surface area contributed by atoms with Crippen LogP contribution in [0.2, 0.25) is 0 Å². The molecule has 1 amide bonds. The molecule has 3 aromatic carbocycles. The number of thioether (sulfide) groups is 1. The van der Waals surface area contributed by atoms with E-state index >= 15 is 0 Å². The minimum absolute atomic E-state index is 0.134. The molecule has 1 N–H and O–H groups in total. The molecule has 1 aliphatic rings. The molecule has 0 radical (unpaired) electrons. The van der Waals surface area contributed by atoms with E-state index in [4.69, 9.17) is 0 Å². The number of hydrogen-bond acceptors (Lipinski definition) is 2. The number of carbonyl (C=O) groups excluding carboxylic acids is 1. The zero-order chi connectivity index (χ0) is 20.8. The van der Waals surface area contributed by atoms with Gasteiger partial charge >= 0.3 is 0 Å². The third-order valence-electron chi connectivity index (χ3n) is 5.71. The van der Waals surface area contributed by atoms with E-state index < -0.39 is 0 Å². The van der Waals surface area contributed by atoms with Crippen molar-refractivity contribution in [3.63, 3.8) is 0 Å². The Hall–Kier alpha value is -2.52. The van der Waals surface area contributed by atoms with Crippen LogP contribution in [-0.4, -0.2) is 18.2 Å². The van der Waals surface area contributed by atoms with E-state index in [0.29, 0.717) is 0 Å². The van der Waals surface area contributed by atoms with Crippen molar-refractivity contribution >= 4 is 17.7 Å². The van der Waals surface area contributed by atoms with Gasteiger partial charge in [-0.25, -0.2) is 0 Å². The smallest absolute Gasteiger partial charge is 0.232 e. The summed E-state index contributed by atoms with van der Waals surface area (Å²) in [5.74, 6) is 1.08. The van der Waals surface area contributed by atoms with Gasteiger partial charge < -0.3 is 5.32 Å². The number of fused-ring (bicyclic) bond motifs is 3. The molecule has 0 fully saturated rings. The molecule has 0 aliphatic heterocycles. The highest BCUT2D eigenvalue weighted by Crippen LogP contribution is 2.46. The summed E-state index contributed by atoms with van der Waals surface area (Å²) in [5, 5.41) is 3.14. The van der Waals surface area contributed by atoms with Crippen LogP contribution in [0, 0.1) is 0 Å². The Bertz CT molecular complexity index is 999. The maximum atomic E-state index is 13.1. The molecule has 1 unspecified atom stereocenters. The number of hydrogen-bond donors (Lipinski definition) is 1. The van der Waals surface area contributed by atoms with Crippen LogP contribution in [-0.2, 0) is 11.2 Å². The van der Waals surface area contributed by atoms with Gasteiger partial charge in [-0.05, 0) is 71.4 Å². The van der Waals surface area contributed by atoms with Crippen molar-refractivity contribution in [3.8, 4) is 11.1 Å². The molecular weight excluding hydrogens is 386 g/mol. The Balaban J connectivity index is 1.49. The first-order chi connectivity index (χ1) is 14.8. The average Bonchev–Trinajstić information content (AvgIpc) is 3.13. The fraction of sp³-hybridized carbons (Fsp3) is 0.296. The first kappa shape index (κ1) is 20.7. The molecule has 0 heterocycles. The zero-order valence-electron chi connectivity index (χ0n) is 17.6. The third-order valence-corrected chi connectivity index (χ3v) is 6.81. The van der Waals surface area contributed by atoms with Gasteiger partial charge in [0.25, 0.3) is 0 Å². The Morgan fingerprint density at radius 1 is 0.900 bits per heavy atom. The second-order valence-corrected chi connectivity index (χ2v) is 8.98. The van der Waals surface area contributed by atoms with E-state index in [1.54, 1.807) is 0 Å². The highest BCUT2D eigenvalue weighted by Gasteiger charge is 2.35. The highest BCUT2D eigenvalue weighted by molar-refractivity contribution is 7.99. The van der Waals surface area contributed by atoms with Gasteiger partial charge in [-0.15, -0.1) is 11.8 Å². The lowest BCUT2D eigenvalue weighted by Gasteiger charge is -2.17. The maximum absolute atomic E-state index is 13.1. The van der Waals surface area contributed by atoms with Gasteiger partial charge in [0.1, 0.15) is 0 Å². The summed E-state index contributed by atoms with van der Waals surface area (Å²) in [6.07, 6.45) is 4.27. The molecule has 2 nitrogen and oxygen atoms in total. The summed E-state index contributed by atoms with van der Waals surface area (Å²) < 4.78 is 0. The molecule has 0 aromatic heterocycles. The quantitative estimate of drug-likeness (QED) is 0.322. The number of aryl methyl sites for hydroxylation is 1. The van der Waals surface area contributed by atoms with E-state index in [9.17, 15) is 4.79 Å². The zero-order valence-corrected chi connectivity index (χ0v) is 18.4. The van der Waals surface area contributed by atoms with Gasteiger partial charge in [-0.1, -0.05) is 67.6 Å². The van der Waals surface area contributed by atoms with E-state index in [1.165, 1.54) is 33.6 Å². The van der Waals surface area contributed by atoms with E-state index in [2.05, 4.69) is 79.0 Å². The van der Waals surface area contributed by atoms with Crippen molar-refractivity contribution in [3.05, 3.63) is 89.5 Å². The van der Waals surface area contributed by atoms with Gasteiger partial charge in [-0.2, -0.15) is 0 Å². The minimum atomic E-state index is -0.183. The van der Waals surface area contributed by atoms with Crippen molar-refractivity contribution in [1.82, 2.24) is 5.32 Å². The average molecular weight is 416 g/mol. The maximum Gasteiger partial charge on any atom is 0.232 e. The van der Waals surface area contributed by atoms with Gasteiger partial charge in [0.15, 0.2) is 0 Å². The fourth-order valence-corrected chi connectivity index (χ4v) is 5.24. The summed E-state index contributed by atoms with van der Waals surface area (Å²) in [6.45, 7) is 2.82. The number of rotatable bonds is 9. The molecule has 0 bridgehead atoms. The van der Waals surface area contributed by atoms with Crippen molar-refractivity contribution in [2.75, 3.05) is 12.3 Å². The molecule has 3 aromatic rings. The number of nitrogens with one attached hydrogen (secondary N) is 1. The van der Waals surface area contributed by atoms with Gasteiger partial charge in [0.05, 0.1) is 5.92 Å². The predicted octanol–water partition coefficient (Wildman–Crippen LogP) is 6.44. The van der Waals surface area contributed by atoms with Crippen LogP contribution in [0.3, 0.4) is 0 Å². The molecule has 30 heavy (non-hydrogen) atoms. The number of amides is 1. The SMILES string of the molecule is CCCNC(=O)C1c2ccccc2-c2cccc(CCCCSc3ccccc3)c21. The normalized spacial score (nSPS) is 14.2. The lowest BCUT2D eigenvalue weighted by atomic mass is 9.90. The van der Waals surface area contributed by atoms with Crippen LogP contribution in [0.15, 0.2) is 77.7 Å².